The van der Waals surface area contributed by atoms with E-state index in [1.54, 1.807) is 18.3 Å². The van der Waals surface area contributed by atoms with Crippen LogP contribution in [-0.4, -0.2) is 74.0 Å². The zero-order chi connectivity index (χ0) is 26.3. The molecular formula is C22H21FN8O6. The third-order valence-corrected chi connectivity index (χ3v) is 5.81. The molecule has 192 valence electrons. The minimum absolute atomic E-state index is 0.00112. The van der Waals surface area contributed by atoms with E-state index in [2.05, 4.69) is 25.8 Å². The van der Waals surface area contributed by atoms with Crippen molar-refractivity contribution in [2.45, 2.75) is 18.6 Å². The molecule has 1 aliphatic heterocycles. The topological polar surface area (TPSA) is 184 Å². The lowest BCUT2D eigenvalue weighted by Crippen LogP contribution is -2.61. The van der Waals surface area contributed by atoms with Crippen molar-refractivity contribution in [1.29, 1.82) is 0 Å². The van der Waals surface area contributed by atoms with Crippen molar-refractivity contribution in [3.05, 3.63) is 42.5 Å². The van der Waals surface area contributed by atoms with Crippen molar-refractivity contribution in [2.24, 2.45) is 0 Å². The van der Waals surface area contributed by atoms with Gasteiger partial charge < -0.3 is 30.2 Å². The molecule has 0 saturated carbocycles. The summed E-state index contributed by atoms with van der Waals surface area (Å²) in [5.41, 5.74) is 3.75. The fraction of sp³-hybridized carbons (Fsp3) is 0.273. The Morgan fingerprint density at radius 3 is 2.97 bits per heavy atom. The van der Waals surface area contributed by atoms with Crippen LogP contribution < -0.4 is 20.7 Å². The van der Waals surface area contributed by atoms with Gasteiger partial charge >= 0.3 is 0 Å². The van der Waals surface area contributed by atoms with Crippen LogP contribution in [-0.2, 0) is 14.3 Å². The minimum Gasteiger partial charge on any atom is -0.480 e. The highest BCUT2D eigenvalue weighted by Gasteiger charge is 2.49. The Balaban J connectivity index is 1.35. The second-order valence-corrected chi connectivity index (χ2v) is 8.32. The number of aliphatic hydroxyl groups is 1. The fourth-order valence-corrected chi connectivity index (χ4v) is 3.87. The molecule has 1 fully saturated rings. The number of aromatic nitrogens is 5. The lowest BCUT2D eigenvalue weighted by Gasteiger charge is -2.37. The van der Waals surface area contributed by atoms with E-state index in [1.165, 1.54) is 29.0 Å². The standard InChI is InChI=1S/C22H21FN8O6/c1-22(34,21(33)26-11-7-13(23)17-14(8-11)37-29-19(17)24)18-20(32)30(5-6-36-18)15-3-4-31(28-15)12-9-16(35-2)27-25-10-12/h3-4,7-10,18,34H,5-6H2,1-2H3,(H2,24,29)(H,26,33)/t18-,22+/m0/s1. The van der Waals surface area contributed by atoms with Crippen molar-refractivity contribution < 1.29 is 33.1 Å². The molecule has 4 heterocycles. The Morgan fingerprint density at radius 2 is 2.19 bits per heavy atom. The average Bonchev–Trinajstić information content (AvgIpc) is 3.51. The highest BCUT2D eigenvalue weighted by atomic mass is 19.1. The number of carbonyl (C=O) groups excluding carboxylic acids is 2. The Hall–Kier alpha value is -4.63. The summed E-state index contributed by atoms with van der Waals surface area (Å²) in [7, 11) is 1.45. The number of nitrogen functional groups attached to an aromatic ring is 1. The van der Waals surface area contributed by atoms with Crippen LogP contribution in [0, 0.1) is 5.82 Å². The number of anilines is 3. The van der Waals surface area contributed by atoms with Crippen LogP contribution in [0.15, 0.2) is 41.2 Å². The molecule has 1 aliphatic rings. The number of hydrogen-bond acceptors (Lipinski definition) is 11. The number of morpholine rings is 1. The van der Waals surface area contributed by atoms with Gasteiger partial charge in [-0.25, -0.2) is 9.07 Å². The normalized spacial score (nSPS) is 17.6. The summed E-state index contributed by atoms with van der Waals surface area (Å²) in [5.74, 6) is -2.06. The van der Waals surface area contributed by atoms with E-state index in [4.69, 9.17) is 19.7 Å². The molecule has 4 N–H and O–H groups in total. The van der Waals surface area contributed by atoms with Gasteiger partial charge in [0, 0.05) is 30.1 Å². The maximum atomic E-state index is 14.4. The van der Waals surface area contributed by atoms with Crippen molar-refractivity contribution in [3.63, 3.8) is 0 Å². The Bertz CT molecular complexity index is 1500. The Kier molecular flexibility index (Phi) is 5.93. The number of benzene rings is 1. The second-order valence-electron chi connectivity index (χ2n) is 8.32. The molecule has 4 aromatic rings. The highest BCUT2D eigenvalue weighted by Crippen LogP contribution is 2.29. The van der Waals surface area contributed by atoms with E-state index >= 15 is 0 Å². The van der Waals surface area contributed by atoms with Crippen LogP contribution in [0.2, 0.25) is 0 Å². The third kappa shape index (κ3) is 4.30. The Labute approximate surface area is 207 Å². The van der Waals surface area contributed by atoms with Crippen molar-refractivity contribution in [1.82, 2.24) is 25.1 Å². The van der Waals surface area contributed by atoms with Crippen LogP contribution in [0.1, 0.15) is 6.92 Å². The highest BCUT2D eigenvalue weighted by molar-refractivity contribution is 6.06. The molecule has 0 bridgehead atoms. The number of nitrogens with two attached hydrogens (primary N) is 1. The average molecular weight is 512 g/mol. The first kappa shape index (κ1) is 24.1. The van der Waals surface area contributed by atoms with Crippen LogP contribution in [0.5, 0.6) is 5.88 Å². The summed E-state index contributed by atoms with van der Waals surface area (Å²) >= 11 is 0. The molecule has 15 heteroatoms. The summed E-state index contributed by atoms with van der Waals surface area (Å²) in [6.45, 7) is 1.29. The van der Waals surface area contributed by atoms with Crippen molar-refractivity contribution in [2.75, 3.05) is 36.2 Å². The molecule has 1 saturated heterocycles. The van der Waals surface area contributed by atoms with Gasteiger partial charge in [0.25, 0.3) is 11.8 Å². The SMILES string of the molecule is COc1cc(-n2ccc(N3CCO[C@H]([C@@](C)(O)C(=O)Nc4cc(F)c5c(N)noc5c4)C3=O)n2)cnn1. The zero-order valence-corrected chi connectivity index (χ0v) is 19.6. The van der Waals surface area contributed by atoms with Gasteiger partial charge in [0.15, 0.2) is 28.9 Å². The van der Waals surface area contributed by atoms with E-state index in [9.17, 15) is 19.1 Å². The van der Waals surface area contributed by atoms with Gasteiger partial charge in [-0.3, -0.25) is 14.5 Å². The lowest BCUT2D eigenvalue weighted by atomic mass is 9.95. The second kappa shape index (κ2) is 9.11. The first-order valence-corrected chi connectivity index (χ1v) is 10.9. The van der Waals surface area contributed by atoms with Crippen molar-refractivity contribution in [3.8, 4) is 11.6 Å². The molecule has 14 nitrogen and oxygen atoms in total. The fourth-order valence-electron chi connectivity index (χ4n) is 3.87. The van der Waals surface area contributed by atoms with Gasteiger partial charge in [-0.15, -0.1) is 10.2 Å². The summed E-state index contributed by atoms with van der Waals surface area (Å²) in [6, 6.07) is 5.48. The molecule has 0 radical (unpaired) electrons. The van der Waals surface area contributed by atoms with Crippen molar-refractivity contribution >= 4 is 40.1 Å². The van der Waals surface area contributed by atoms with E-state index in [1.807, 2.05) is 0 Å². The molecular weight excluding hydrogens is 491 g/mol. The van der Waals surface area contributed by atoms with Gasteiger partial charge in [0.1, 0.15) is 11.2 Å². The summed E-state index contributed by atoms with van der Waals surface area (Å²) in [6.07, 6.45) is 1.50. The monoisotopic (exact) mass is 512 g/mol. The number of methoxy groups -OCH3 is 1. The number of nitrogens with one attached hydrogen (secondary N) is 1. The molecule has 0 unspecified atom stereocenters. The van der Waals surface area contributed by atoms with Gasteiger partial charge in [0.2, 0.25) is 5.88 Å². The maximum Gasteiger partial charge on any atom is 0.260 e. The number of hydrogen-bond donors (Lipinski definition) is 3. The molecule has 1 aromatic carbocycles. The smallest absolute Gasteiger partial charge is 0.260 e. The number of rotatable bonds is 6. The number of ether oxygens (including phenoxy) is 2. The third-order valence-electron chi connectivity index (χ3n) is 5.81. The van der Waals surface area contributed by atoms with Crippen LogP contribution in [0.25, 0.3) is 16.7 Å². The zero-order valence-electron chi connectivity index (χ0n) is 19.6. The Morgan fingerprint density at radius 1 is 1.38 bits per heavy atom. The van der Waals surface area contributed by atoms with E-state index in [-0.39, 0.29) is 47.3 Å². The van der Waals surface area contributed by atoms with Crippen LogP contribution in [0.4, 0.5) is 21.7 Å². The molecule has 3 aromatic heterocycles. The predicted molar refractivity (Wildman–Crippen MR) is 125 cm³/mol. The number of nitrogens with zero attached hydrogens (tertiary/aromatic N) is 6. The number of amides is 2. The number of halogens is 1. The number of carbonyl (C=O) groups is 2. The first-order chi connectivity index (χ1) is 17.7. The van der Waals surface area contributed by atoms with E-state index in [0.29, 0.717) is 5.69 Å². The number of fused-ring (bicyclic) bond motifs is 1. The summed E-state index contributed by atoms with van der Waals surface area (Å²) < 4.78 is 31.4. The quantitative estimate of drug-likeness (QED) is 0.330. The predicted octanol–water partition coefficient (Wildman–Crippen LogP) is 0.655. The maximum absolute atomic E-state index is 14.4. The lowest BCUT2D eigenvalue weighted by molar-refractivity contribution is -0.165. The van der Waals surface area contributed by atoms with Crippen LogP contribution in [0.3, 0.4) is 0 Å². The molecule has 0 spiro atoms. The largest absolute Gasteiger partial charge is 0.480 e. The van der Waals surface area contributed by atoms with E-state index < -0.39 is 29.3 Å². The molecule has 2 atom stereocenters. The van der Waals surface area contributed by atoms with E-state index in [0.717, 1.165) is 13.0 Å². The summed E-state index contributed by atoms with van der Waals surface area (Å²) in [4.78, 5) is 27.5. The molecule has 2 amide bonds. The summed E-state index contributed by atoms with van der Waals surface area (Å²) in [5, 5.41) is 28.9. The van der Waals surface area contributed by atoms with Crippen LogP contribution >= 0.6 is 0 Å². The van der Waals surface area contributed by atoms with Gasteiger partial charge in [0.05, 0.1) is 32.1 Å². The molecule has 5 rings (SSSR count). The van der Waals surface area contributed by atoms with Gasteiger partial charge in [-0.2, -0.15) is 5.10 Å². The molecule has 0 aliphatic carbocycles. The molecule has 37 heavy (non-hydrogen) atoms. The van der Waals surface area contributed by atoms with Gasteiger partial charge in [-0.05, 0) is 13.0 Å². The van der Waals surface area contributed by atoms with Gasteiger partial charge in [-0.1, -0.05) is 5.16 Å². The first-order valence-electron chi connectivity index (χ1n) is 10.9. The minimum atomic E-state index is -2.33.